The van der Waals surface area contributed by atoms with Gasteiger partial charge in [0.25, 0.3) is 5.91 Å². The number of amidine groups is 2. The van der Waals surface area contributed by atoms with Gasteiger partial charge in [-0.15, -0.1) is 0 Å². The lowest BCUT2D eigenvalue weighted by Gasteiger charge is -2.20. The number of hydrogen-bond donors (Lipinski definition) is 1. The molecule has 1 aromatic heterocycles. The second-order valence-electron chi connectivity index (χ2n) is 9.11. The highest BCUT2D eigenvalue weighted by Crippen LogP contribution is 2.34. The van der Waals surface area contributed by atoms with Gasteiger partial charge in [-0.05, 0) is 66.6 Å². The van der Waals surface area contributed by atoms with Crippen molar-refractivity contribution in [1.82, 2.24) is 9.58 Å². The van der Waals surface area contributed by atoms with E-state index in [0.717, 1.165) is 39.2 Å². The number of hydrogen-bond acceptors (Lipinski definition) is 4. The lowest BCUT2D eigenvalue weighted by molar-refractivity contribution is -0.114. The van der Waals surface area contributed by atoms with Gasteiger partial charge in [0, 0.05) is 28.7 Å². The number of aryl methyl sites for hydroxylation is 1. The van der Waals surface area contributed by atoms with Gasteiger partial charge < -0.3 is 4.57 Å². The van der Waals surface area contributed by atoms with Gasteiger partial charge >= 0.3 is 0 Å². The average Bonchev–Trinajstić information content (AvgIpc) is 3.40. The molecule has 0 spiro atoms. The molecule has 0 aliphatic carbocycles. The highest BCUT2D eigenvalue weighted by Gasteiger charge is 2.35. The molecule has 4 aromatic rings. The van der Waals surface area contributed by atoms with Crippen LogP contribution in [0, 0.1) is 19.3 Å². The Morgan fingerprint density at radius 3 is 2.67 bits per heavy atom. The maximum atomic E-state index is 13.0. The summed E-state index contributed by atoms with van der Waals surface area (Å²) in [6.45, 7) is 6.86. The van der Waals surface area contributed by atoms with E-state index in [1.54, 1.807) is 0 Å². The second-order valence-corrected chi connectivity index (χ2v) is 10.2. The molecular formula is C29H25N5OS. The first-order valence-corrected chi connectivity index (χ1v) is 12.8. The molecule has 3 aromatic carbocycles. The van der Waals surface area contributed by atoms with E-state index in [2.05, 4.69) is 89.2 Å². The molecule has 0 atom stereocenters. The highest BCUT2D eigenvalue weighted by molar-refractivity contribution is 8.26. The fourth-order valence-corrected chi connectivity index (χ4v) is 5.75. The van der Waals surface area contributed by atoms with Gasteiger partial charge in [0.15, 0.2) is 5.84 Å². The predicted molar refractivity (Wildman–Crippen MR) is 150 cm³/mol. The molecule has 36 heavy (non-hydrogen) atoms. The topological polar surface area (TPSA) is 73.8 Å². The second kappa shape index (κ2) is 8.60. The number of nitrogens with one attached hydrogen (secondary N) is 1. The van der Waals surface area contributed by atoms with Crippen LogP contribution in [0.5, 0.6) is 0 Å². The lowest BCUT2D eigenvalue weighted by Crippen LogP contribution is -2.35. The van der Waals surface area contributed by atoms with Crippen molar-refractivity contribution in [2.75, 3.05) is 0 Å². The summed E-state index contributed by atoms with van der Waals surface area (Å²) in [6, 6.07) is 21.3. The monoisotopic (exact) mass is 491 g/mol. The van der Waals surface area contributed by atoms with Crippen LogP contribution in [0.3, 0.4) is 0 Å². The van der Waals surface area contributed by atoms with Crippen molar-refractivity contribution in [1.29, 1.82) is 5.41 Å². The third kappa shape index (κ3) is 3.58. The van der Waals surface area contributed by atoms with Crippen LogP contribution in [0.1, 0.15) is 35.7 Å². The Balaban J connectivity index is 1.50. The number of fused-ring (bicyclic) bond motifs is 3. The Hall–Kier alpha value is -3.97. The Morgan fingerprint density at radius 1 is 1.03 bits per heavy atom. The molecule has 0 fully saturated rings. The number of thioether (sulfide) groups is 1. The minimum atomic E-state index is -0.395. The Labute approximate surface area is 213 Å². The first-order valence-electron chi connectivity index (χ1n) is 12.0. The molecule has 3 heterocycles. The van der Waals surface area contributed by atoms with Crippen molar-refractivity contribution in [3.8, 4) is 0 Å². The van der Waals surface area contributed by atoms with E-state index in [9.17, 15) is 4.79 Å². The molecule has 6 rings (SSSR count). The lowest BCUT2D eigenvalue weighted by atomic mass is 10.0. The summed E-state index contributed by atoms with van der Waals surface area (Å²) in [7, 11) is 0. The Morgan fingerprint density at radius 2 is 1.83 bits per heavy atom. The number of carbonyl (C=O) groups excluding carboxylic acids is 1. The molecule has 2 aliphatic heterocycles. The van der Waals surface area contributed by atoms with E-state index in [-0.39, 0.29) is 11.4 Å². The highest BCUT2D eigenvalue weighted by atomic mass is 32.2. The van der Waals surface area contributed by atoms with E-state index in [1.165, 1.54) is 33.1 Å². The number of carbonyl (C=O) groups is 1. The number of nitrogens with zero attached hydrogens (tertiary/aromatic N) is 4. The molecule has 0 unspecified atom stereocenters. The van der Waals surface area contributed by atoms with Gasteiger partial charge in [-0.25, -0.2) is 0 Å². The van der Waals surface area contributed by atoms with Crippen LogP contribution in [-0.4, -0.2) is 31.5 Å². The zero-order valence-electron chi connectivity index (χ0n) is 20.4. The smallest absolute Gasteiger partial charge is 0.283 e. The van der Waals surface area contributed by atoms with E-state index in [0.29, 0.717) is 11.7 Å². The van der Waals surface area contributed by atoms with Gasteiger partial charge in [0.05, 0.1) is 5.57 Å². The van der Waals surface area contributed by atoms with Crippen molar-refractivity contribution < 1.29 is 4.79 Å². The summed E-state index contributed by atoms with van der Waals surface area (Å²) in [5, 5.41) is 19.5. The first-order chi connectivity index (χ1) is 17.4. The molecule has 1 amide bonds. The van der Waals surface area contributed by atoms with Crippen LogP contribution in [0.15, 0.2) is 76.3 Å². The average molecular weight is 492 g/mol. The molecule has 0 saturated carbocycles. The van der Waals surface area contributed by atoms with Crippen molar-refractivity contribution in [2.45, 2.75) is 33.7 Å². The summed E-state index contributed by atoms with van der Waals surface area (Å²) in [5.41, 5.74) is 5.71. The molecule has 2 aliphatic rings. The first kappa shape index (κ1) is 22.5. The number of amides is 1. The summed E-state index contributed by atoms with van der Waals surface area (Å²) < 4.78 is 2.30. The quantitative estimate of drug-likeness (QED) is 0.332. The molecular weight excluding hydrogens is 466 g/mol. The minimum absolute atomic E-state index is 0.0722. The zero-order valence-corrected chi connectivity index (χ0v) is 21.2. The number of benzene rings is 3. The zero-order chi connectivity index (χ0) is 25.0. The third-order valence-corrected chi connectivity index (χ3v) is 7.88. The molecule has 0 bridgehead atoms. The maximum Gasteiger partial charge on any atom is 0.283 e. The normalized spacial score (nSPS) is 16.8. The van der Waals surface area contributed by atoms with Gasteiger partial charge in [0.2, 0.25) is 5.17 Å². The maximum absolute atomic E-state index is 13.0. The van der Waals surface area contributed by atoms with Crippen LogP contribution in [0.4, 0.5) is 0 Å². The van der Waals surface area contributed by atoms with Gasteiger partial charge in [-0.3, -0.25) is 10.2 Å². The van der Waals surface area contributed by atoms with Crippen molar-refractivity contribution >= 4 is 61.5 Å². The molecule has 1 N–H and O–H groups in total. The molecule has 0 saturated heterocycles. The third-order valence-electron chi connectivity index (χ3n) is 6.82. The predicted octanol–water partition coefficient (Wildman–Crippen LogP) is 6.49. The van der Waals surface area contributed by atoms with Crippen LogP contribution < -0.4 is 0 Å². The van der Waals surface area contributed by atoms with E-state index in [1.807, 2.05) is 13.0 Å². The molecule has 0 radical (unpaired) electrons. The van der Waals surface area contributed by atoms with E-state index < -0.39 is 5.91 Å². The van der Waals surface area contributed by atoms with Crippen molar-refractivity contribution in [3.63, 3.8) is 0 Å². The summed E-state index contributed by atoms with van der Waals surface area (Å²) in [4.78, 5) is 17.3. The van der Waals surface area contributed by atoms with E-state index in [4.69, 9.17) is 5.41 Å². The van der Waals surface area contributed by atoms with Crippen LogP contribution >= 0.6 is 11.8 Å². The van der Waals surface area contributed by atoms with Gasteiger partial charge in [-0.2, -0.15) is 15.1 Å². The van der Waals surface area contributed by atoms with Crippen LogP contribution in [0.25, 0.3) is 27.8 Å². The van der Waals surface area contributed by atoms with Gasteiger partial charge in [0.1, 0.15) is 5.04 Å². The summed E-state index contributed by atoms with van der Waals surface area (Å²) in [5.74, 6) is -0.323. The fourth-order valence-electron chi connectivity index (χ4n) is 4.93. The Bertz CT molecular complexity index is 1690. The SMILES string of the molecule is CCC1=NN2C(=N)C(=Cc3c(C)n(Cc4cccc5ccccc45)c4ccc(C)cc34)C(=O)N=C2S1. The van der Waals surface area contributed by atoms with E-state index >= 15 is 0 Å². The largest absolute Gasteiger partial charge is 0.340 e. The summed E-state index contributed by atoms with van der Waals surface area (Å²) >= 11 is 1.36. The van der Waals surface area contributed by atoms with Crippen LogP contribution in [-0.2, 0) is 11.3 Å². The Kier molecular flexibility index (Phi) is 5.38. The fraction of sp³-hybridized carbons (Fsp3) is 0.172. The molecule has 7 heteroatoms. The number of aromatic nitrogens is 1. The molecule has 6 nitrogen and oxygen atoms in total. The van der Waals surface area contributed by atoms with Crippen LogP contribution in [0.2, 0.25) is 0 Å². The number of hydrazone groups is 1. The van der Waals surface area contributed by atoms with Crippen molar-refractivity contribution in [2.24, 2.45) is 10.1 Å². The number of rotatable bonds is 4. The standard InChI is InChI=1S/C29H25N5OS/c1-4-26-32-34-27(30)24(28(35)31-29(34)36-26)15-22-18(3)33(25-13-12-17(2)14-23(22)25)16-20-10-7-9-19-8-5-6-11-21(19)20/h5-15,30H,4,16H2,1-3H3. The summed E-state index contributed by atoms with van der Waals surface area (Å²) in [6.07, 6.45) is 2.56. The molecule has 178 valence electrons. The minimum Gasteiger partial charge on any atom is -0.340 e. The van der Waals surface area contributed by atoms with Gasteiger partial charge in [-0.1, -0.05) is 61.0 Å². The number of aliphatic imine (C=N–C) groups is 1. The van der Waals surface area contributed by atoms with Crippen molar-refractivity contribution in [3.05, 3.63) is 88.6 Å².